The molecule has 1 aromatic heterocycles. The molecule has 0 spiro atoms. The highest BCUT2D eigenvalue weighted by atomic mass is 35.5. The Kier molecular flexibility index (Phi) is 6.47. The van der Waals surface area contributed by atoms with Crippen molar-refractivity contribution >= 4 is 0 Å². The van der Waals surface area contributed by atoms with E-state index in [4.69, 9.17) is 0 Å². The van der Waals surface area contributed by atoms with Gasteiger partial charge in [0.05, 0.1) is 6.33 Å². The molecule has 0 bridgehead atoms. The van der Waals surface area contributed by atoms with Gasteiger partial charge in [0, 0.05) is 25.5 Å². The Bertz CT molecular complexity index is 423. The highest BCUT2D eigenvalue weighted by Gasteiger charge is 1.93. The second-order valence-electron chi connectivity index (χ2n) is 4.32. The van der Waals surface area contributed by atoms with Gasteiger partial charge >= 0.3 is 0 Å². The lowest BCUT2D eigenvalue weighted by Gasteiger charge is -2.05. The van der Waals surface area contributed by atoms with E-state index in [9.17, 15) is 0 Å². The molecule has 0 saturated heterocycles. The minimum absolute atomic E-state index is 0. The lowest BCUT2D eigenvalue weighted by Crippen LogP contribution is -3.00. The van der Waals surface area contributed by atoms with Gasteiger partial charge in [-0.05, 0) is 25.5 Å². The molecule has 4 heteroatoms. The van der Waals surface area contributed by atoms with Crippen LogP contribution in [0.25, 0.3) is 0 Å². The first kappa shape index (κ1) is 14.7. The quantitative estimate of drug-likeness (QED) is 0.705. The summed E-state index contributed by atoms with van der Waals surface area (Å²) < 4.78 is 2.10. The van der Waals surface area contributed by atoms with Crippen LogP contribution in [-0.2, 0) is 13.1 Å². The smallest absolute Gasteiger partial charge is 0.0945 e. The number of hydrogen-bond acceptors (Lipinski definition) is 2. The number of aromatic nitrogens is 2. The average molecular weight is 265 g/mol. The molecule has 0 amide bonds. The first-order chi connectivity index (χ1) is 8.34. The largest absolute Gasteiger partial charge is 1.00 e. The van der Waals surface area contributed by atoms with Crippen LogP contribution in [0.2, 0.25) is 0 Å². The molecule has 18 heavy (non-hydrogen) atoms. The fourth-order valence-corrected chi connectivity index (χ4v) is 1.74. The maximum Gasteiger partial charge on any atom is 0.0945 e. The summed E-state index contributed by atoms with van der Waals surface area (Å²) in [6.07, 6.45) is 6.81. The van der Waals surface area contributed by atoms with Crippen molar-refractivity contribution in [1.82, 2.24) is 14.9 Å². The number of aryl methyl sites for hydroxylation is 2. The van der Waals surface area contributed by atoms with Crippen LogP contribution in [0.15, 0.2) is 43.0 Å². The van der Waals surface area contributed by atoms with Crippen LogP contribution in [0.1, 0.15) is 17.5 Å². The van der Waals surface area contributed by atoms with Crippen LogP contribution < -0.4 is 17.7 Å². The number of nitrogens with one attached hydrogen (secondary N) is 1. The van der Waals surface area contributed by atoms with Crippen LogP contribution in [0.4, 0.5) is 0 Å². The predicted molar refractivity (Wildman–Crippen MR) is 69.7 cm³/mol. The zero-order valence-corrected chi connectivity index (χ0v) is 11.4. The van der Waals surface area contributed by atoms with Crippen molar-refractivity contribution in [2.75, 3.05) is 6.54 Å². The van der Waals surface area contributed by atoms with Crippen LogP contribution >= 0.6 is 0 Å². The summed E-state index contributed by atoms with van der Waals surface area (Å²) in [6, 6.07) is 8.67. The molecule has 0 radical (unpaired) electrons. The number of halogens is 1. The lowest BCUT2D eigenvalue weighted by atomic mass is 10.1. The van der Waals surface area contributed by atoms with Gasteiger partial charge in [-0.1, -0.05) is 29.8 Å². The van der Waals surface area contributed by atoms with Gasteiger partial charge in [-0.15, -0.1) is 0 Å². The summed E-state index contributed by atoms with van der Waals surface area (Å²) in [5.74, 6) is 0. The van der Waals surface area contributed by atoms with Crippen LogP contribution in [-0.4, -0.2) is 16.1 Å². The van der Waals surface area contributed by atoms with Crippen molar-refractivity contribution in [3.8, 4) is 0 Å². The molecule has 98 valence electrons. The van der Waals surface area contributed by atoms with Gasteiger partial charge in [0.25, 0.3) is 0 Å². The third-order valence-corrected chi connectivity index (χ3v) is 2.78. The summed E-state index contributed by atoms with van der Waals surface area (Å²) in [7, 11) is 0. The maximum absolute atomic E-state index is 4.02. The summed E-state index contributed by atoms with van der Waals surface area (Å²) in [6.45, 7) is 5.12. The van der Waals surface area contributed by atoms with Crippen molar-refractivity contribution in [2.45, 2.75) is 26.4 Å². The average Bonchev–Trinajstić information content (AvgIpc) is 2.84. The number of hydrogen-bond donors (Lipinski definition) is 1. The highest BCUT2D eigenvalue weighted by Crippen LogP contribution is 2.02. The minimum Gasteiger partial charge on any atom is -1.00 e. The van der Waals surface area contributed by atoms with E-state index >= 15 is 0 Å². The Morgan fingerprint density at radius 3 is 2.67 bits per heavy atom. The fraction of sp³-hybridized carbons (Fsp3) is 0.357. The van der Waals surface area contributed by atoms with Gasteiger partial charge in [-0.3, -0.25) is 0 Å². The first-order valence-corrected chi connectivity index (χ1v) is 6.06. The third kappa shape index (κ3) is 4.90. The molecule has 0 atom stereocenters. The fourth-order valence-electron chi connectivity index (χ4n) is 1.74. The van der Waals surface area contributed by atoms with E-state index in [2.05, 4.69) is 46.1 Å². The van der Waals surface area contributed by atoms with Crippen LogP contribution in [0, 0.1) is 6.92 Å². The molecular weight excluding hydrogens is 246 g/mol. The Labute approximate surface area is 115 Å². The zero-order chi connectivity index (χ0) is 11.9. The molecule has 0 unspecified atom stereocenters. The molecule has 0 aliphatic heterocycles. The molecule has 2 rings (SSSR count). The molecule has 0 fully saturated rings. The van der Waals surface area contributed by atoms with Crippen molar-refractivity contribution in [3.05, 3.63) is 54.1 Å². The van der Waals surface area contributed by atoms with Crippen molar-refractivity contribution in [3.63, 3.8) is 0 Å². The van der Waals surface area contributed by atoms with Crippen molar-refractivity contribution in [1.29, 1.82) is 0 Å². The monoisotopic (exact) mass is 264 g/mol. The zero-order valence-electron chi connectivity index (χ0n) is 10.6. The number of imidazole rings is 1. The van der Waals surface area contributed by atoms with Gasteiger partial charge in [0.2, 0.25) is 0 Å². The lowest BCUT2D eigenvalue weighted by molar-refractivity contribution is -0.00000368. The normalized spacial score (nSPS) is 10.1. The van der Waals surface area contributed by atoms with Crippen molar-refractivity contribution in [2.24, 2.45) is 0 Å². The van der Waals surface area contributed by atoms with Crippen molar-refractivity contribution < 1.29 is 12.4 Å². The SMILES string of the molecule is Cc1ccc(CNCCCn2ccnc2)cc1.[Cl-]. The Morgan fingerprint density at radius 1 is 1.22 bits per heavy atom. The van der Waals surface area contributed by atoms with Gasteiger partial charge in [-0.2, -0.15) is 0 Å². The van der Waals surface area contributed by atoms with E-state index in [1.165, 1.54) is 11.1 Å². The van der Waals surface area contributed by atoms with Gasteiger partial charge < -0.3 is 22.3 Å². The molecule has 0 saturated carbocycles. The first-order valence-electron chi connectivity index (χ1n) is 6.06. The summed E-state index contributed by atoms with van der Waals surface area (Å²) in [5, 5.41) is 3.45. The Balaban J connectivity index is 0.00000162. The second kappa shape index (κ2) is 7.90. The summed E-state index contributed by atoms with van der Waals surface area (Å²) in [4.78, 5) is 4.02. The molecule has 0 aliphatic rings. The van der Waals surface area contributed by atoms with E-state index in [0.717, 1.165) is 26.1 Å². The van der Waals surface area contributed by atoms with Gasteiger partial charge in [0.15, 0.2) is 0 Å². The minimum atomic E-state index is 0. The molecule has 1 heterocycles. The van der Waals surface area contributed by atoms with E-state index in [1.807, 2.05) is 18.7 Å². The second-order valence-corrected chi connectivity index (χ2v) is 4.32. The van der Waals surface area contributed by atoms with Gasteiger partial charge in [-0.25, -0.2) is 4.98 Å². The maximum atomic E-state index is 4.02. The third-order valence-electron chi connectivity index (χ3n) is 2.78. The summed E-state index contributed by atoms with van der Waals surface area (Å²) >= 11 is 0. The van der Waals surface area contributed by atoms with Crippen LogP contribution in [0.5, 0.6) is 0 Å². The van der Waals surface area contributed by atoms with E-state index in [-0.39, 0.29) is 12.4 Å². The Morgan fingerprint density at radius 2 is 2.00 bits per heavy atom. The standard InChI is InChI=1S/C14H19N3.ClH/c1-13-3-5-14(6-4-13)11-15-7-2-9-17-10-8-16-12-17;/h3-6,8,10,12,15H,2,7,9,11H2,1H3;1H/p-1. The molecule has 1 N–H and O–H groups in total. The predicted octanol–water partition coefficient (Wildman–Crippen LogP) is -0.625. The van der Waals surface area contributed by atoms with E-state index in [0.29, 0.717) is 0 Å². The molecule has 3 nitrogen and oxygen atoms in total. The van der Waals surface area contributed by atoms with E-state index in [1.54, 1.807) is 0 Å². The highest BCUT2D eigenvalue weighted by molar-refractivity contribution is 5.20. The Hall–Kier alpha value is -1.32. The summed E-state index contributed by atoms with van der Waals surface area (Å²) in [5.41, 5.74) is 2.66. The van der Waals surface area contributed by atoms with E-state index < -0.39 is 0 Å². The molecular formula is C14H19ClN3-. The topological polar surface area (TPSA) is 29.9 Å². The number of nitrogens with zero attached hydrogens (tertiary/aromatic N) is 2. The molecule has 1 aromatic carbocycles. The number of rotatable bonds is 6. The molecule has 0 aliphatic carbocycles. The number of benzene rings is 1. The van der Waals surface area contributed by atoms with Crippen LogP contribution in [0.3, 0.4) is 0 Å². The van der Waals surface area contributed by atoms with Gasteiger partial charge in [0.1, 0.15) is 0 Å². The molecule has 2 aromatic rings.